The zero-order valence-electron chi connectivity index (χ0n) is 13.5. The first kappa shape index (κ1) is 17.7. The van der Waals surface area contributed by atoms with Crippen LogP contribution in [0, 0.1) is 0 Å². The summed E-state index contributed by atoms with van der Waals surface area (Å²) in [6.45, 7) is 0. The minimum Gasteiger partial charge on any atom is -0.493 e. The Morgan fingerprint density at radius 1 is 0.833 bits per heavy atom. The van der Waals surface area contributed by atoms with Gasteiger partial charge in [0.25, 0.3) is 0 Å². The van der Waals surface area contributed by atoms with Crippen LogP contribution in [-0.2, 0) is 0 Å². The van der Waals surface area contributed by atoms with E-state index in [2.05, 4.69) is 0 Å². The van der Waals surface area contributed by atoms with Gasteiger partial charge >= 0.3 is 6.18 Å². The van der Waals surface area contributed by atoms with Gasteiger partial charge < -0.3 is 14.2 Å². The topological polar surface area (TPSA) is 27.7 Å². The minimum absolute atomic E-state index is 0.0161. The molecule has 0 aliphatic carbocycles. The predicted molar refractivity (Wildman–Crippen MR) is 85.7 cm³/mol. The van der Waals surface area contributed by atoms with Gasteiger partial charge in [-0.1, -0.05) is 30.3 Å². The van der Waals surface area contributed by atoms with Crippen LogP contribution in [0.15, 0.2) is 48.5 Å². The van der Waals surface area contributed by atoms with E-state index in [9.17, 15) is 13.2 Å². The highest BCUT2D eigenvalue weighted by atomic mass is 19.4. The van der Waals surface area contributed by atoms with Crippen LogP contribution < -0.4 is 14.2 Å². The first-order chi connectivity index (χ1) is 11.4. The zero-order chi connectivity index (χ0) is 17.7. The SMILES string of the molecule is COc1cc(/C(=C/C(F)(F)F)c2ccccc2)cc(OC)c1OC. The summed E-state index contributed by atoms with van der Waals surface area (Å²) in [7, 11) is 4.26. The summed E-state index contributed by atoms with van der Waals surface area (Å²) in [6, 6.07) is 11.3. The van der Waals surface area contributed by atoms with E-state index in [-0.39, 0.29) is 23.1 Å². The lowest BCUT2D eigenvalue weighted by Gasteiger charge is -2.16. The Morgan fingerprint density at radius 3 is 1.79 bits per heavy atom. The molecule has 0 aromatic heterocycles. The Morgan fingerprint density at radius 2 is 1.38 bits per heavy atom. The van der Waals surface area contributed by atoms with E-state index in [0.29, 0.717) is 16.9 Å². The number of methoxy groups -OCH3 is 3. The van der Waals surface area contributed by atoms with Crippen molar-refractivity contribution in [1.29, 1.82) is 0 Å². The van der Waals surface area contributed by atoms with Crippen molar-refractivity contribution in [2.24, 2.45) is 0 Å². The third-order valence-corrected chi connectivity index (χ3v) is 3.37. The third-order valence-electron chi connectivity index (χ3n) is 3.37. The maximum absolute atomic E-state index is 13.0. The summed E-state index contributed by atoms with van der Waals surface area (Å²) in [6.07, 6.45) is -4.20. The van der Waals surface area contributed by atoms with Gasteiger partial charge in [-0.05, 0) is 28.8 Å². The smallest absolute Gasteiger partial charge is 0.410 e. The molecule has 0 saturated heterocycles. The molecule has 0 spiro atoms. The molecule has 0 heterocycles. The van der Waals surface area contributed by atoms with E-state index in [0.717, 1.165) is 0 Å². The highest BCUT2D eigenvalue weighted by Crippen LogP contribution is 2.41. The lowest BCUT2D eigenvalue weighted by Crippen LogP contribution is -2.05. The van der Waals surface area contributed by atoms with Crippen LogP contribution in [0.4, 0.5) is 13.2 Å². The summed E-state index contributed by atoms with van der Waals surface area (Å²) < 4.78 is 54.7. The van der Waals surface area contributed by atoms with E-state index in [1.54, 1.807) is 30.3 Å². The quantitative estimate of drug-likeness (QED) is 0.790. The van der Waals surface area contributed by atoms with Crippen LogP contribution in [0.1, 0.15) is 11.1 Å². The van der Waals surface area contributed by atoms with E-state index >= 15 is 0 Å². The standard InChI is InChI=1S/C18H17F3O3/c1-22-15-9-13(10-16(23-2)17(15)24-3)14(11-18(19,20)21)12-7-5-4-6-8-12/h4-11H,1-3H3/b14-11+. The molecule has 0 radical (unpaired) electrons. The van der Waals surface area contributed by atoms with Crippen LogP contribution in [0.5, 0.6) is 17.2 Å². The normalized spacial score (nSPS) is 12.0. The third kappa shape index (κ3) is 4.01. The van der Waals surface area contributed by atoms with Gasteiger partial charge in [0.05, 0.1) is 21.3 Å². The molecule has 128 valence electrons. The monoisotopic (exact) mass is 338 g/mol. The van der Waals surface area contributed by atoms with Crippen molar-refractivity contribution in [3.8, 4) is 17.2 Å². The molecule has 2 aromatic rings. The van der Waals surface area contributed by atoms with Gasteiger partial charge in [0.1, 0.15) is 0 Å². The Hall–Kier alpha value is -2.63. The second-order valence-corrected chi connectivity index (χ2v) is 4.88. The van der Waals surface area contributed by atoms with Gasteiger partial charge in [-0.25, -0.2) is 0 Å². The van der Waals surface area contributed by atoms with Gasteiger partial charge in [-0.2, -0.15) is 13.2 Å². The van der Waals surface area contributed by atoms with E-state index < -0.39 is 6.18 Å². The molecule has 0 N–H and O–H groups in total. The molecular formula is C18H17F3O3. The molecule has 2 rings (SSSR count). The lowest BCUT2D eigenvalue weighted by atomic mass is 9.96. The highest BCUT2D eigenvalue weighted by Gasteiger charge is 2.26. The second-order valence-electron chi connectivity index (χ2n) is 4.88. The Kier molecular flexibility index (Phi) is 5.39. The summed E-state index contributed by atoms with van der Waals surface area (Å²) in [5.41, 5.74) is 0.763. The molecule has 0 atom stereocenters. The maximum atomic E-state index is 13.0. The summed E-state index contributed by atoms with van der Waals surface area (Å²) in [4.78, 5) is 0. The molecule has 0 amide bonds. The molecule has 0 unspecified atom stereocenters. The molecule has 6 heteroatoms. The Bertz CT molecular complexity index is 697. The van der Waals surface area contributed by atoms with Crippen LogP contribution >= 0.6 is 0 Å². The average Bonchev–Trinajstić information content (AvgIpc) is 2.58. The van der Waals surface area contributed by atoms with Gasteiger partial charge in [-0.15, -0.1) is 0 Å². The summed E-state index contributed by atoms with van der Waals surface area (Å²) in [5.74, 6) is 0.898. The van der Waals surface area contributed by atoms with Crippen molar-refractivity contribution in [3.63, 3.8) is 0 Å². The number of hydrogen-bond donors (Lipinski definition) is 0. The van der Waals surface area contributed by atoms with E-state index in [4.69, 9.17) is 14.2 Å². The van der Waals surface area contributed by atoms with Crippen LogP contribution in [0.3, 0.4) is 0 Å². The van der Waals surface area contributed by atoms with Crippen molar-refractivity contribution < 1.29 is 27.4 Å². The maximum Gasteiger partial charge on any atom is 0.410 e. The number of hydrogen-bond acceptors (Lipinski definition) is 3. The van der Waals surface area contributed by atoms with Gasteiger partial charge in [-0.3, -0.25) is 0 Å². The van der Waals surface area contributed by atoms with Gasteiger partial charge in [0.15, 0.2) is 11.5 Å². The molecule has 0 aliphatic heterocycles. The minimum atomic E-state index is -4.47. The number of halogens is 3. The molecular weight excluding hydrogens is 321 g/mol. The number of ether oxygens (including phenoxy) is 3. The van der Waals surface area contributed by atoms with Crippen molar-refractivity contribution in [3.05, 3.63) is 59.7 Å². The Balaban J connectivity index is 2.69. The van der Waals surface area contributed by atoms with Crippen LogP contribution in [0.2, 0.25) is 0 Å². The van der Waals surface area contributed by atoms with Crippen LogP contribution in [0.25, 0.3) is 5.57 Å². The van der Waals surface area contributed by atoms with Gasteiger partial charge in [0.2, 0.25) is 5.75 Å². The first-order valence-corrected chi connectivity index (χ1v) is 7.05. The van der Waals surface area contributed by atoms with Crippen molar-refractivity contribution in [1.82, 2.24) is 0 Å². The fraction of sp³-hybridized carbons (Fsp3) is 0.222. The van der Waals surface area contributed by atoms with Crippen LogP contribution in [-0.4, -0.2) is 27.5 Å². The lowest BCUT2D eigenvalue weighted by molar-refractivity contribution is -0.0793. The summed E-state index contributed by atoms with van der Waals surface area (Å²) in [5, 5.41) is 0. The molecule has 0 saturated carbocycles. The highest BCUT2D eigenvalue weighted by molar-refractivity contribution is 5.82. The predicted octanol–water partition coefficient (Wildman–Crippen LogP) is 4.71. The van der Waals surface area contributed by atoms with E-state index in [1.807, 2.05) is 0 Å². The summed E-state index contributed by atoms with van der Waals surface area (Å²) >= 11 is 0. The molecule has 24 heavy (non-hydrogen) atoms. The molecule has 3 nitrogen and oxygen atoms in total. The first-order valence-electron chi connectivity index (χ1n) is 7.05. The second kappa shape index (κ2) is 7.29. The fourth-order valence-electron chi connectivity index (χ4n) is 2.35. The molecule has 0 aliphatic rings. The number of alkyl halides is 3. The average molecular weight is 338 g/mol. The molecule has 0 bridgehead atoms. The largest absolute Gasteiger partial charge is 0.493 e. The van der Waals surface area contributed by atoms with Gasteiger partial charge in [0, 0.05) is 6.08 Å². The Labute approximate surface area is 138 Å². The molecule has 2 aromatic carbocycles. The number of benzene rings is 2. The molecule has 0 fully saturated rings. The fourth-order valence-corrected chi connectivity index (χ4v) is 2.35. The zero-order valence-corrected chi connectivity index (χ0v) is 13.5. The van der Waals surface area contributed by atoms with Crippen molar-refractivity contribution in [2.45, 2.75) is 6.18 Å². The van der Waals surface area contributed by atoms with E-state index in [1.165, 1.54) is 33.5 Å². The van der Waals surface area contributed by atoms with Crippen molar-refractivity contribution >= 4 is 5.57 Å². The number of allylic oxidation sites excluding steroid dienone is 1. The van der Waals surface area contributed by atoms with Crippen molar-refractivity contribution in [2.75, 3.05) is 21.3 Å². The number of rotatable bonds is 5.